The van der Waals surface area contributed by atoms with Crippen molar-refractivity contribution in [2.75, 3.05) is 40.8 Å². The molecule has 2 atom stereocenters. The number of carbonyl (C=O) groups excluding carboxylic acids is 2. The van der Waals surface area contributed by atoms with Crippen molar-refractivity contribution >= 4 is 29.1 Å². The van der Waals surface area contributed by atoms with Crippen molar-refractivity contribution in [2.45, 2.75) is 18.9 Å². The summed E-state index contributed by atoms with van der Waals surface area (Å²) in [6, 6.07) is 14.3. The second-order valence-electron chi connectivity index (χ2n) is 7.91. The lowest BCUT2D eigenvalue weighted by molar-refractivity contribution is -0.128. The molecule has 1 aliphatic rings. The van der Waals surface area contributed by atoms with Crippen LogP contribution in [-0.2, 0) is 16.0 Å². The molecule has 2 amide bonds. The molecule has 0 bridgehead atoms. The summed E-state index contributed by atoms with van der Waals surface area (Å²) in [7, 11) is 5.31. The van der Waals surface area contributed by atoms with Gasteiger partial charge >= 0.3 is 0 Å². The van der Waals surface area contributed by atoms with E-state index < -0.39 is 0 Å². The van der Waals surface area contributed by atoms with Gasteiger partial charge in [0.15, 0.2) is 5.96 Å². The van der Waals surface area contributed by atoms with Crippen molar-refractivity contribution < 1.29 is 9.59 Å². The maximum atomic E-state index is 12.4. The SMILES string of the molecule is CN(C)C(=O)CN=C(NCCc1cccs1)NCC1CC(=O)N(C)C1c1ccccc1. The molecule has 166 valence electrons. The van der Waals surface area contributed by atoms with E-state index in [1.165, 1.54) is 9.78 Å². The predicted octanol–water partition coefficient (Wildman–Crippen LogP) is 2.13. The maximum Gasteiger partial charge on any atom is 0.243 e. The highest BCUT2D eigenvalue weighted by Crippen LogP contribution is 2.36. The second kappa shape index (κ2) is 10.9. The van der Waals surface area contributed by atoms with Gasteiger partial charge in [-0.05, 0) is 23.4 Å². The molecular weight excluding hydrogens is 410 g/mol. The van der Waals surface area contributed by atoms with Crippen molar-refractivity contribution in [3.05, 3.63) is 58.3 Å². The van der Waals surface area contributed by atoms with E-state index in [9.17, 15) is 9.59 Å². The minimum absolute atomic E-state index is 0.0250. The fraction of sp³-hybridized carbons (Fsp3) is 0.435. The normalized spacial score (nSPS) is 18.9. The van der Waals surface area contributed by atoms with Crippen LogP contribution >= 0.6 is 11.3 Å². The van der Waals surface area contributed by atoms with Gasteiger partial charge < -0.3 is 20.4 Å². The first-order valence-electron chi connectivity index (χ1n) is 10.5. The monoisotopic (exact) mass is 441 g/mol. The number of hydrogen-bond donors (Lipinski definition) is 2. The van der Waals surface area contributed by atoms with Crippen molar-refractivity contribution in [3.63, 3.8) is 0 Å². The van der Waals surface area contributed by atoms with Crippen LogP contribution in [0.5, 0.6) is 0 Å². The highest BCUT2D eigenvalue weighted by atomic mass is 32.1. The summed E-state index contributed by atoms with van der Waals surface area (Å²) in [5.41, 5.74) is 1.13. The average molecular weight is 442 g/mol. The molecule has 0 radical (unpaired) electrons. The predicted molar refractivity (Wildman–Crippen MR) is 125 cm³/mol. The summed E-state index contributed by atoms with van der Waals surface area (Å²) < 4.78 is 0. The summed E-state index contributed by atoms with van der Waals surface area (Å²) in [6.45, 7) is 1.39. The van der Waals surface area contributed by atoms with Crippen molar-refractivity contribution in [2.24, 2.45) is 10.9 Å². The molecule has 0 saturated carbocycles. The molecule has 2 aromatic rings. The maximum absolute atomic E-state index is 12.4. The van der Waals surface area contributed by atoms with E-state index in [4.69, 9.17) is 0 Å². The summed E-state index contributed by atoms with van der Waals surface area (Å²) in [4.78, 5) is 33.5. The Bertz CT molecular complexity index is 883. The van der Waals surface area contributed by atoms with Crippen LogP contribution in [0.3, 0.4) is 0 Å². The quantitative estimate of drug-likeness (QED) is 0.486. The van der Waals surface area contributed by atoms with E-state index in [-0.39, 0.29) is 30.3 Å². The number of aliphatic imine (C=N–C) groups is 1. The van der Waals surface area contributed by atoms with Gasteiger partial charge in [0, 0.05) is 51.4 Å². The smallest absolute Gasteiger partial charge is 0.243 e. The van der Waals surface area contributed by atoms with E-state index >= 15 is 0 Å². The van der Waals surface area contributed by atoms with E-state index in [0.717, 1.165) is 12.0 Å². The Balaban J connectivity index is 1.65. The Morgan fingerprint density at radius 2 is 1.97 bits per heavy atom. The van der Waals surface area contributed by atoms with E-state index in [1.54, 1.807) is 25.4 Å². The van der Waals surface area contributed by atoms with Crippen LogP contribution in [0.4, 0.5) is 0 Å². The number of nitrogens with zero attached hydrogens (tertiary/aromatic N) is 3. The number of thiophene rings is 1. The van der Waals surface area contributed by atoms with Crippen molar-refractivity contribution in [3.8, 4) is 0 Å². The number of hydrogen-bond acceptors (Lipinski definition) is 4. The van der Waals surface area contributed by atoms with Crippen LogP contribution in [0.1, 0.15) is 22.9 Å². The average Bonchev–Trinajstić information content (AvgIpc) is 3.38. The summed E-state index contributed by atoms with van der Waals surface area (Å²) >= 11 is 1.72. The molecule has 1 fully saturated rings. The highest BCUT2D eigenvalue weighted by molar-refractivity contribution is 7.09. The van der Waals surface area contributed by atoms with Gasteiger partial charge in [0.05, 0.1) is 6.04 Å². The van der Waals surface area contributed by atoms with Gasteiger partial charge in [-0.3, -0.25) is 9.59 Å². The number of carbonyl (C=O) groups is 2. The van der Waals surface area contributed by atoms with Crippen LogP contribution < -0.4 is 10.6 Å². The molecule has 2 unspecified atom stereocenters. The van der Waals surface area contributed by atoms with Gasteiger partial charge in [0.1, 0.15) is 6.54 Å². The number of guanidine groups is 1. The number of benzene rings is 1. The first kappa shape index (κ1) is 22.8. The van der Waals surface area contributed by atoms with Crippen LogP contribution in [0.15, 0.2) is 52.8 Å². The highest BCUT2D eigenvalue weighted by Gasteiger charge is 2.38. The minimum atomic E-state index is -0.0581. The summed E-state index contributed by atoms with van der Waals surface area (Å²) in [5.74, 6) is 0.805. The number of likely N-dealkylation sites (tertiary alicyclic amines) is 1. The summed E-state index contributed by atoms with van der Waals surface area (Å²) in [6.07, 6.45) is 1.37. The molecule has 0 spiro atoms. The summed E-state index contributed by atoms with van der Waals surface area (Å²) in [5, 5.41) is 8.76. The van der Waals surface area contributed by atoms with Crippen LogP contribution in [0.2, 0.25) is 0 Å². The molecule has 31 heavy (non-hydrogen) atoms. The lowest BCUT2D eigenvalue weighted by Gasteiger charge is -2.26. The minimum Gasteiger partial charge on any atom is -0.356 e. The van der Waals surface area contributed by atoms with Crippen molar-refractivity contribution in [1.29, 1.82) is 0 Å². The third-order valence-electron chi connectivity index (χ3n) is 5.48. The van der Waals surface area contributed by atoms with E-state index in [2.05, 4.69) is 39.2 Å². The Hall–Kier alpha value is -2.87. The third-order valence-corrected chi connectivity index (χ3v) is 6.42. The topological polar surface area (TPSA) is 77.0 Å². The molecule has 1 aliphatic heterocycles. The molecule has 1 aromatic carbocycles. The van der Waals surface area contributed by atoms with Gasteiger partial charge in [-0.1, -0.05) is 36.4 Å². The van der Waals surface area contributed by atoms with Gasteiger partial charge in [-0.25, -0.2) is 4.99 Å². The van der Waals surface area contributed by atoms with Crippen LogP contribution in [-0.4, -0.2) is 68.4 Å². The van der Waals surface area contributed by atoms with E-state index in [0.29, 0.717) is 25.5 Å². The van der Waals surface area contributed by atoms with Crippen LogP contribution in [0, 0.1) is 5.92 Å². The van der Waals surface area contributed by atoms with Gasteiger partial charge in [-0.15, -0.1) is 11.3 Å². The Kier molecular flexibility index (Phi) is 8.06. The van der Waals surface area contributed by atoms with Gasteiger partial charge in [0.25, 0.3) is 0 Å². The molecule has 7 nitrogen and oxygen atoms in total. The van der Waals surface area contributed by atoms with E-state index in [1.807, 2.05) is 36.2 Å². The van der Waals surface area contributed by atoms with Crippen LogP contribution in [0.25, 0.3) is 0 Å². The first-order chi connectivity index (χ1) is 15.0. The number of nitrogens with one attached hydrogen (secondary N) is 2. The molecule has 8 heteroatoms. The fourth-order valence-electron chi connectivity index (χ4n) is 3.73. The molecular formula is C23H31N5O2S. The molecule has 2 heterocycles. The molecule has 0 aliphatic carbocycles. The third kappa shape index (κ3) is 6.30. The Morgan fingerprint density at radius 1 is 1.19 bits per heavy atom. The van der Waals surface area contributed by atoms with Gasteiger partial charge in [-0.2, -0.15) is 0 Å². The standard InChI is InChI=1S/C23H31N5O2S/c1-27(2)21(30)16-26-23(24-12-11-19-10-7-13-31-19)25-15-18-14-20(29)28(3)22(18)17-8-5-4-6-9-17/h4-10,13,18,22H,11-12,14-16H2,1-3H3,(H2,24,25,26). The van der Waals surface area contributed by atoms with Crippen molar-refractivity contribution in [1.82, 2.24) is 20.4 Å². The fourth-order valence-corrected chi connectivity index (χ4v) is 4.44. The molecule has 3 rings (SSSR count). The number of rotatable bonds is 8. The largest absolute Gasteiger partial charge is 0.356 e. The second-order valence-corrected chi connectivity index (χ2v) is 8.95. The Labute approximate surface area is 188 Å². The molecule has 1 aromatic heterocycles. The first-order valence-corrected chi connectivity index (χ1v) is 11.4. The zero-order valence-corrected chi connectivity index (χ0v) is 19.2. The number of amides is 2. The molecule has 2 N–H and O–H groups in total. The van der Waals surface area contributed by atoms with Gasteiger partial charge in [0.2, 0.25) is 11.8 Å². The zero-order valence-electron chi connectivity index (χ0n) is 18.4. The number of likely N-dealkylation sites (N-methyl/N-ethyl adjacent to an activating group) is 1. The lowest BCUT2D eigenvalue weighted by Crippen LogP contribution is -2.42. The zero-order chi connectivity index (χ0) is 22.2. The molecule has 1 saturated heterocycles. The lowest BCUT2D eigenvalue weighted by atomic mass is 9.94. The Morgan fingerprint density at radius 3 is 2.65 bits per heavy atom.